The Morgan fingerprint density at radius 3 is 2.95 bits per heavy atom. The van der Waals surface area contributed by atoms with E-state index < -0.39 is 17.3 Å². The first-order chi connectivity index (χ1) is 9.58. The first-order valence-electron chi connectivity index (χ1n) is 5.74. The minimum atomic E-state index is -0.552. The van der Waals surface area contributed by atoms with Gasteiger partial charge in [-0.1, -0.05) is 6.07 Å². The number of nitrogens with zero attached hydrogens (tertiary/aromatic N) is 1. The summed E-state index contributed by atoms with van der Waals surface area (Å²) in [4.78, 5) is 30.0. The topological polar surface area (TPSA) is 74.8 Å². The maximum absolute atomic E-state index is 13.0. The molecule has 0 aliphatic rings. The molecule has 1 heterocycles. The molecule has 0 aliphatic carbocycles. The molecule has 0 atom stereocenters. The molecule has 1 amide bonds. The van der Waals surface area contributed by atoms with Gasteiger partial charge in [-0.15, -0.1) is 0 Å². The van der Waals surface area contributed by atoms with Gasteiger partial charge in [0.25, 0.3) is 11.5 Å². The highest BCUT2D eigenvalue weighted by Gasteiger charge is 2.10. The maximum Gasteiger partial charge on any atom is 0.274 e. The van der Waals surface area contributed by atoms with Gasteiger partial charge in [0, 0.05) is 11.8 Å². The number of hydrogen-bond donors (Lipinski definition) is 2. The predicted molar refractivity (Wildman–Crippen MR) is 76.4 cm³/mol. The summed E-state index contributed by atoms with van der Waals surface area (Å²) in [6.45, 7) is 0. The molecule has 2 aromatic rings. The van der Waals surface area contributed by atoms with Crippen molar-refractivity contribution in [1.82, 2.24) is 9.97 Å². The van der Waals surface area contributed by atoms with Gasteiger partial charge in [-0.05, 0) is 24.5 Å². The van der Waals surface area contributed by atoms with Crippen LogP contribution in [-0.2, 0) is 5.75 Å². The van der Waals surface area contributed by atoms with Crippen molar-refractivity contribution < 1.29 is 9.18 Å². The van der Waals surface area contributed by atoms with Gasteiger partial charge in [-0.3, -0.25) is 9.59 Å². The molecule has 0 saturated carbocycles. The number of thioether (sulfide) groups is 1. The van der Waals surface area contributed by atoms with Crippen molar-refractivity contribution in [2.45, 2.75) is 5.75 Å². The summed E-state index contributed by atoms with van der Waals surface area (Å²) in [5, 5.41) is 2.49. The van der Waals surface area contributed by atoms with Crippen LogP contribution >= 0.6 is 11.8 Å². The van der Waals surface area contributed by atoms with E-state index in [1.165, 1.54) is 30.0 Å². The predicted octanol–water partition coefficient (Wildman–Crippen LogP) is 2.02. The number of carbonyl (C=O) groups is 1. The standard InChI is InChI=1S/C13H12FN3O2S/c1-20-7-11-16-10(6-12(18)17-11)13(19)15-9-4-2-3-8(14)5-9/h2-6H,7H2,1H3,(H,15,19)(H,16,17,18). The number of nitrogens with one attached hydrogen (secondary N) is 2. The number of halogens is 1. The van der Waals surface area contributed by atoms with E-state index >= 15 is 0 Å². The molecule has 2 rings (SSSR count). The zero-order chi connectivity index (χ0) is 14.5. The lowest BCUT2D eigenvalue weighted by Gasteiger charge is -2.05. The highest BCUT2D eigenvalue weighted by atomic mass is 32.2. The average Bonchev–Trinajstić information content (AvgIpc) is 2.38. The third kappa shape index (κ3) is 3.67. The smallest absolute Gasteiger partial charge is 0.274 e. The number of aromatic nitrogens is 2. The van der Waals surface area contributed by atoms with E-state index in [1.807, 2.05) is 6.26 Å². The van der Waals surface area contributed by atoms with Crippen LogP contribution in [0.4, 0.5) is 10.1 Å². The minimum Gasteiger partial charge on any atom is -0.321 e. The Morgan fingerprint density at radius 2 is 2.25 bits per heavy atom. The largest absolute Gasteiger partial charge is 0.321 e. The van der Waals surface area contributed by atoms with Crippen LogP contribution in [0.3, 0.4) is 0 Å². The first-order valence-corrected chi connectivity index (χ1v) is 7.14. The molecule has 0 aliphatic heterocycles. The van der Waals surface area contributed by atoms with Crippen molar-refractivity contribution >= 4 is 23.4 Å². The first kappa shape index (κ1) is 14.3. The molecular weight excluding hydrogens is 281 g/mol. The molecule has 5 nitrogen and oxygen atoms in total. The second-order valence-electron chi connectivity index (χ2n) is 3.97. The molecule has 0 unspecified atom stereocenters. The monoisotopic (exact) mass is 293 g/mol. The van der Waals surface area contributed by atoms with Crippen LogP contribution < -0.4 is 10.9 Å². The fourth-order valence-corrected chi connectivity index (χ4v) is 2.00. The van der Waals surface area contributed by atoms with Gasteiger partial charge in [0.05, 0.1) is 5.75 Å². The molecule has 0 fully saturated rings. The van der Waals surface area contributed by atoms with Crippen LogP contribution in [-0.4, -0.2) is 22.1 Å². The third-order valence-corrected chi connectivity index (χ3v) is 2.95. The lowest BCUT2D eigenvalue weighted by atomic mass is 10.3. The Kier molecular flexibility index (Phi) is 4.52. The number of amides is 1. The molecule has 20 heavy (non-hydrogen) atoms. The molecule has 104 valence electrons. The van der Waals surface area contributed by atoms with Gasteiger partial charge >= 0.3 is 0 Å². The lowest BCUT2D eigenvalue weighted by molar-refractivity contribution is 0.102. The van der Waals surface area contributed by atoms with E-state index in [4.69, 9.17) is 0 Å². The number of rotatable bonds is 4. The number of H-pyrrole nitrogens is 1. The van der Waals surface area contributed by atoms with E-state index in [0.717, 1.165) is 6.07 Å². The van der Waals surface area contributed by atoms with Crippen molar-refractivity contribution in [3.8, 4) is 0 Å². The molecule has 0 saturated heterocycles. The van der Waals surface area contributed by atoms with E-state index in [2.05, 4.69) is 15.3 Å². The van der Waals surface area contributed by atoms with Gasteiger partial charge < -0.3 is 10.3 Å². The summed E-state index contributed by atoms with van der Waals surface area (Å²) >= 11 is 1.48. The van der Waals surface area contributed by atoms with E-state index in [9.17, 15) is 14.0 Å². The fourth-order valence-electron chi connectivity index (χ4n) is 1.59. The van der Waals surface area contributed by atoms with Gasteiger partial charge in [0.15, 0.2) is 0 Å². The lowest BCUT2D eigenvalue weighted by Crippen LogP contribution is -2.20. The number of anilines is 1. The minimum absolute atomic E-state index is 0.00191. The van der Waals surface area contributed by atoms with E-state index in [1.54, 1.807) is 6.07 Å². The summed E-state index contributed by atoms with van der Waals surface area (Å²) in [5.74, 6) is -0.0840. The SMILES string of the molecule is CSCc1nc(C(=O)Nc2cccc(F)c2)cc(=O)[nH]1. The Morgan fingerprint density at radius 1 is 1.45 bits per heavy atom. The quantitative estimate of drug-likeness (QED) is 0.904. The van der Waals surface area contributed by atoms with Crippen LogP contribution in [0.25, 0.3) is 0 Å². The number of hydrogen-bond acceptors (Lipinski definition) is 4. The Bertz CT molecular complexity index is 687. The Balaban J connectivity index is 2.22. The number of aromatic amines is 1. The summed E-state index contributed by atoms with van der Waals surface area (Å²) in [5.41, 5.74) is -0.0843. The Hall–Kier alpha value is -2.15. The summed E-state index contributed by atoms with van der Waals surface area (Å²) in [6.07, 6.45) is 1.86. The van der Waals surface area contributed by atoms with Crippen LogP contribution in [0.15, 0.2) is 35.1 Å². The van der Waals surface area contributed by atoms with Crippen molar-refractivity contribution in [2.24, 2.45) is 0 Å². The van der Waals surface area contributed by atoms with Crippen LogP contribution in [0.5, 0.6) is 0 Å². The third-order valence-electron chi connectivity index (χ3n) is 2.39. The number of benzene rings is 1. The van der Waals surface area contributed by atoms with Crippen molar-refractivity contribution in [3.05, 3.63) is 58.0 Å². The molecular formula is C13H12FN3O2S. The van der Waals surface area contributed by atoms with E-state index in [-0.39, 0.29) is 5.69 Å². The molecule has 1 aromatic carbocycles. The zero-order valence-corrected chi connectivity index (χ0v) is 11.5. The summed E-state index contributed by atoms with van der Waals surface area (Å²) < 4.78 is 13.0. The Labute approximate surface area is 118 Å². The van der Waals surface area contributed by atoms with Gasteiger partial charge in [0.1, 0.15) is 17.3 Å². The normalized spacial score (nSPS) is 10.3. The molecule has 0 bridgehead atoms. The molecule has 2 N–H and O–H groups in total. The zero-order valence-electron chi connectivity index (χ0n) is 10.6. The van der Waals surface area contributed by atoms with Crippen LogP contribution in [0, 0.1) is 5.82 Å². The van der Waals surface area contributed by atoms with Crippen LogP contribution in [0.2, 0.25) is 0 Å². The highest BCUT2D eigenvalue weighted by molar-refractivity contribution is 7.97. The van der Waals surface area contributed by atoms with Crippen molar-refractivity contribution in [2.75, 3.05) is 11.6 Å². The van der Waals surface area contributed by atoms with Gasteiger partial charge in [0.2, 0.25) is 0 Å². The summed E-state index contributed by atoms with van der Waals surface area (Å²) in [7, 11) is 0. The molecule has 0 spiro atoms. The van der Waals surface area contributed by atoms with Crippen molar-refractivity contribution in [1.29, 1.82) is 0 Å². The average molecular weight is 293 g/mol. The maximum atomic E-state index is 13.0. The second-order valence-corrected chi connectivity index (χ2v) is 4.84. The highest BCUT2D eigenvalue weighted by Crippen LogP contribution is 2.10. The fraction of sp³-hybridized carbons (Fsp3) is 0.154. The summed E-state index contributed by atoms with van der Waals surface area (Å²) in [6, 6.07) is 6.61. The second kappa shape index (κ2) is 6.33. The van der Waals surface area contributed by atoms with Gasteiger partial charge in [-0.25, -0.2) is 9.37 Å². The molecule has 7 heteroatoms. The van der Waals surface area contributed by atoms with E-state index in [0.29, 0.717) is 17.3 Å². The van der Waals surface area contributed by atoms with Crippen LogP contribution in [0.1, 0.15) is 16.3 Å². The number of carbonyl (C=O) groups excluding carboxylic acids is 1. The van der Waals surface area contributed by atoms with Gasteiger partial charge in [-0.2, -0.15) is 11.8 Å². The molecule has 1 aromatic heterocycles. The molecule has 0 radical (unpaired) electrons. The van der Waals surface area contributed by atoms with Crippen molar-refractivity contribution in [3.63, 3.8) is 0 Å².